The molecular weight excluding hydrogens is 629 g/mol. The summed E-state index contributed by atoms with van der Waals surface area (Å²) in [5.74, 6) is -2.65. The molecule has 199 valence electrons. The molecule has 0 bridgehead atoms. The molecule has 0 fully saturated rings. The van der Waals surface area contributed by atoms with Gasteiger partial charge in [-0.15, -0.1) is 0 Å². The monoisotopic (exact) mass is 656 g/mol. The van der Waals surface area contributed by atoms with E-state index in [2.05, 4.69) is 70.0 Å². The van der Waals surface area contributed by atoms with E-state index < -0.39 is 21.8 Å². The van der Waals surface area contributed by atoms with Gasteiger partial charge in [-0.1, -0.05) is 0 Å². The molecule has 1 aliphatic rings. The molecule has 0 saturated heterocycles. The van der Waals surface area contributed by atoms with Crippen molar-refractivity contribution in [3.05, 3.63) is 149 Å². The van der Waals surface area contributed by atoms with E-state index in [9.17, 15) is 4.79 Å². The second-order valence-electron chi connectivity index (χ2n) is 10.7. The Kier molecular flexibility index (Phi) is 7.25. The molecule has 1 N–H and O–H groups in total. The number of fused-ring (bicyclic) bond motifs is 3. The van der Waals surface area contributed by atoms with Crippen molar-refractivity contribution in [3.63, 3.8) is 0 Å². The summed E-state index contributed by atoms with van der Waals surface area (Å²) < 4.78 is 4.45. The first-order valence-electron chi connectivity index (χ1n) is 13.5. The molecule has 0 radical (unpaired) electrons. The number of amides is 1. The summed E-state index contributed by atoms with van der Waals surface area (Å²) in [5.41, 5.74) is 7.24. The van der Waals surface area contributed by atoms with E-state index in [1.165, 1.54) is 11.1 Å². The van der Waals surface area contributed by atoms with Crippen molar-refractivity contribution in [1.82, 2.24) is 3.26 Å². The fourth-order valence-electron chi connectivity index (χ4n) is 6.39. The Labute approximate surface area is 245 Å². The molecule has 6 heteroatoms. The molecule has 1 aliphatic carbocycles. The van der Waals surface area contributed by atoms with E-state index >= 15 is 0 Å². The Hall–Kier alpha value is -2.75. The van der Waals surface area contributed by atoms with Gasteiger partial charge in [-0.2, -0.15) is 0 Å². The Balaban J connectivity index is 1.64. The SMILES string of the molecule is Cc1cccc(C)c1C(=O)[NH][Zr]([Cl])([Cl])([c]1cccc2c1Cc1ccccc1-2)[SiH](c1ccccc1)c1ccccc1. The van der Waals surface area contributed by atoms with Crippen LogP contribution in [0.25, 0.3) is 11.1 Å². The molecule has 40 heavy (non-hydrogen) atoms. The van der Waals surface area contributed by atoms with Crippen LogP contribution in [0.15, 0.2) is 121 Å². The van der Waals surface area contributed by atoms with Crippen LogP contribution in [0.1, 0.15) is 32.6 Å². The zero-order chi connectivity index (χ0) is 27.9. The van der Waals surface area contributed by atoms with Crippen molar-refractivity contribution >= 4 is 42.5 Å². The number of nitrogens with one attached hydrogen (secondary N) is 1. The van der Waals surface area contributed by atoms with Crippen LogP contribution in [0.5, 0.6) is 0 Å². The second-order valence-corrected chi connectivity index (χ2v) is 46.0. The van der Waals surface area contributed by atoms with Crippen LogP contribution in [0.3, 0.4) is 0 Å². The van der Waals surface area contributed by atoms with Gasteiger partial charge >= 0.3 is 247 Å². The second kappa shape index (κ2) is 10.6. The molecular formula is C34H30Cl2NOSiZr. The number of carbonyl (C=O) groups is 1. The van der Waals surface area contributed by atoms with E-state index in [0.29, 0.717) is 5.56 Å². The zero-order valence-electron chi connectivity index (χ0n) is 22.5. The predicted molar refractivity (Wildman–Crippen MR) is 169 cm³/mol. The number of rotatable bonds is 6. The van der Waals surface area contributed by atoms with Crippen LogP contribution in [-0.4, -0.2) is 11.8 Å². The van der Waals surface area contributed by atoms with E-state index in [0.717, 1.165) is 42.3 Å². The summed E-state index contributed by atoms with van der Waals surface area (Å²) in [6, 6.07) is 41.4. The van der Waals surface area contributed by atoms with Gasteiger partial charge in [0.1, 0.15) is 0 Å². The van der Waals surface area contributed by atoms with Gasteiger partial charge in [0, 0.05) is 0 Å². The standard InChI is InChI=1S/C13H9.C12H11Si.C9H11NO.2ClH.Zr/c1-3-7-12-10(5-1)9-11-6-2-4-8-13(11)12;1-3-7-11(8-4-1)13-12-9-5-2-6-10-12;1-6-4-3-5-7(2)8(6)9(10)11;;;/h1-5,7-8H,9H2;1-10,13H;3-5H,1-2H3,(H2,10,11);2*1H;/q;;;;;+3/p-3. The molecule has 0 saturated carbocycles. The predicted octanol–water partition coefficient (Wildman–Crippen LogP) is 6.38. The summed E-state index contributed by atoms with van der Waals surface area (Å²) >= 11 is -5.54. The molecule has 0 atom stereocenters. The topological polar surface area (TPSA) is 29.1 Å². The fraction of sp³-hybridized carbons (Fsp3) is 0.0882. The van der Waals surface area contributed by atoms with Crippen molar-refractivity contribution in [2.75, 3.05) is 0 Å². The average molecular weight is 659 g/mol. The molecule has 1 amide bonds. The van der Waals surface area contributed by atoms with E-state index in [4.69, 9.17) is 17.0 Å². The summed E-state index contributed by atoms with van der Waals surface area (Å²) in [7, 11) is 16.5. The van der Waals surface area contributed by atoms with E-state index in [-0.39, 0.29) is 5.91 Å². The minimum absolute atomic E-state index is 0.191. The first-order chi connectivity index (χ1) is 19.3. The van der Waals surface area contributed by atoms with Crippen molar-refractivity contribution in [2.24, 2.45) is 0 Å². The molecule has 0 aromatic heterocycles. The number of hydrogen-bond acceptors (Lipinski definition) is 1. The molecule has 0 heterocycles. The van der Waals surface area contributed by atoms with Crippen molar-refractivity contribution in [3.8, 4) is 11.1 Å². The van der Waals surface area contributed by atoms with Gasteiger partial charge in [0.05, 0.1) is 0 Å². The Bertz CT molecular complexity index is 1680. The maximum absolute atomic E-state index is 14.4. The van der Waals surface area contributed by atoms with E-state index in [1.807, 2.05) is 68.4 Å². The molecule has 5 aromatic rings. The number of hydrogen-bond donors (Lipinski definition) is 1. The fourth-order valence-corrected chi connectivity index (χ4v) is 43.4. The van der Waals surface area contributed by atoms with Crippen LogP contribution in [-0.2, 0) is 22.3 Å². The summed E-state index contributed by atoms with van der Waals surface area (Å²) in [6.07, 6.45) is 0.745. The first kappa shape index (κ1) is 27.4. The Morgan fingerprint density at radius 2 is 1.20 bits per heavy atom. The van der Waals surface area contributed by atoms with Crippen LogP contribution in [0.4, 0.5) is 0 Å². The quantitative estimate of drug-likeness (QED) is 0.207. The molecule has 6 rings (SSSR count). The van der Waals surface area contributed by atoms with Gasteiger partial charge in [-0.05, 0) is 0 Å². The Morgan fingerprint density at radius 3 is 1.82 bits per heavy atom. The van der Waals surface area contributed by atoms with Gasteiger partial charge in [-0.3, -0.25) is 0 Å². The number of carbonyl (C=O) groups excluding carboxylic acids is 1. The minimum atomic E-state index is -5.54. The molecule has 0 unspecified atom stereocenters. The number of benzene rings is 5. The van der Waals surface area contributed by atoms with Crippen LogP contribution in [0, 0.1) is 13.8 Å². The maximum atomic E-state index is 14.4. The zero-order valence-corrected chi connectivity index (χ0v) is 27.6. The third-order valence-corrected chi connectivity index (χ3v) is 42.9. The van der Waals surface area contributed by atoms with E-state index in [1.54, 1.807) is 0 Å². The van der Waals surface area contributed by atoms with Gasteiger partial charge in [0.15, 0.2) is 0 Å². The van der Waals surface area contributed by atoms with Gasteiger partial charge < -0.3 is 0 Å². The van der Waals surface area contributed by atoms with Gasteiger partial charge in [0.25, 0.3) is 0 Å². The molecule has 5 aromatic carbocycles. The van der Waals surface area contributed by atoms with Crippen molar-refractivity contribution < 1.29 is 20.6 Å². The van der Waals surface area contributed by atoms with Crippen LogP contribution < -0.4 is 16.9 Å². The van der Waals surface area contributed by atoms with Crippen molar-refractivity contribution in [2.45, 2.75) is 20.3 Å². The summed E-state index contributed by atoms with van der Waals surface area (Å²) in [5, 5.41) is 2.25. The molecule has 2 nitrogen and oxygen atoms in total. The number of halogens is 2. The number of aryl methyl sites for hydroxylation is 2. The van der Waals surface area contributed by atoms with Gasteiger partial charge in [-0.25, -0.2) is 0 Å². The molecule has 0 aliphatic heterocycles. The van der Waals surface area contributed by atoms with Crippen LogP contribution in [0.2, 0.25) is 0 Å². The van der Waals surface area contributed by atoms with Crippen LogP contribution >= 0.6 is 17.0 Å². The first-order valence-corrected chi connectivity index (χ1v) is 28.3. The van der Waals surface area contributed by atoms with Crippen molar-refractivity contribution in [1.29, 1.82) is 0 Å². The molecule has 0 spiro atoms. The third-order valence-electron chi connectivity index (χ3n) is 8.17. The summed E-state index contributed by atoms with van der Waals surface area (Å²) in [4.78, 5) is 14.4. The summed E-state index contributed by atoms with van der Waals surface area (Å²) in [6.45, 7) is 3.93. The Morgan fingerprint density at radius 1 is 0.675 bits per heavy atom. The average Bonchev–Trinajstić information content (AvgIpc) is 3.33. The van der Waals surface area contributed by atoms with Gasteiger partial charge in [0.2, 0.25) is 0 Å². The normalized spacial score (nSPS) is 13.3. The third kappa shape index (κ3) is 4.65.